The fourth-order valence-corrected chi connectivity index (χ4v) is 2.02. The number of hydrogen-bond donors (Lipinski definition) is 3. The van der Waals surface area contributed by atoms with E-state index in [0.717, 1.165) is 12.8 Å². The zero-order valence-electron chi connectivity index (χ0n) is 9.09. The number of carbonyl (C=O) groups is 1. The van der Waals surface area contributed by atoms with Crippen molar-refractivity contribution in [2.45, 2.75) is 44.6 Å². The van der Waals surface area contributed by atoms with Crippen LogP contribution in [0.25, 0.3) is 0 Å². The first-order chi connectivity index (χ1) is 7.07. The Kier molecular flexibility index (Phi) is 4.57. The monoisotopic (exact) mass is 214 g/mol. The van der Waals surface area contributed by atoms with Gasteiger partial charge in [-0.1, -0.05) is 13.3 Å². The highest BCUT2D eigenvalue weighted by atomic mass is 16.4. The molecule has 15 heavy (non-hydrogen) atoms. The molecule has 0 bridgehead atoms. The molecule has 0 radical (unpaired) electrons. The van der Waals surface area contributed by atoms with Gasteiger partial charge in [0.05, 0.1) is 12.0 Å². The van der Waals surface area contributed by atoms with Crippen LogP contribution in [0.3, 0.4) is 0 Å². The van der Waals surface area contributed by atoms with Gasteiger partial charge < -0.3 is 20.7 Å². The van der Waals surface area contributed by atoms with Crippen molar-refractivity contribution in [3.8, 4) is 0 Å². The Morgan fingerprint density at radius 1 is 1.67 bits per heavy atom. The summed E-state index contributed by atoms with van der Waals surface area (Å²) in [6, 6.07) is -0.505. The quantitative estimate of drug-likeness (QED) is 0.530. The second-order valence-corrected chi connectivity index (χ2v) is 4.05. The summed E-state index contributed by atoms with van der Waals surface area (Å²) < 4.78 is 0. The summed E-state index contributed by atoms with van der Waals surface area (Å²) in [4.78, 5) is 13.3. The number of carbonyl (C=O) groups excluding carboxylic acids is 1. The largest absolute Gasteiger partial charge is 0.475 e. The first kappa shape index (κ1) is 12.5. The molecule has 1 aliphatic rings. The van der Waals surface area contributed by atoms with E-state index < -0.39 is 19.1 Å². The summed E-state index contributed by atoms with van der Waals surface area (Å²) >= 11 is 0. The smallest absolute Gasteiger partial charge is 0.426 e. The van der Waals surface area contributed by atoms with Gasteiger partial charge in [-0.05, 0) is 19.3 Å². The molecule has 1 fully saturated rings. The van der Waals surface area contributed by atoms with Crippen molar-refractivity contribution in [2.75, 3.05) is 6.54 Å². The number of nitrogens with zero attached hydrogens (tertiary/aromatic N) is 1. The molecule has 0 aromatic carbocycles. The van der Waals surface area contributed by atoms with E-state index in [1.807, 2.05) is 6.92 Å². The van der Waals surface area contributed by atoms with Gasteiger partial charge in [0.1, 0.15) is 0 Å². The third kappa shape index (κ3) is 2.93. The van der Waals surface area contributed by atoms with Crippen LogP contribution in [-0.2, 0) is 4.79 Å². The molecule has 2 atom stereocenters. The van der Waals surface area contributed by atoms with Crippen molar-refractivity contribution in [3.05, 3.63) is 0 Å². The number of hydrogen-bond acceptors (Lipinski definition) is 4. The fraction of sp³-hybridized carbons (Fsp3) is 0.889. The van der Waals surface area contributed by atoms with E-state index in [9.17, 15) is 4.79 Å². The molecule has 0 aliphatic carbocycles. The Hall–Kier alpha value is -0.585. The van der Waals surface area contributed by atoms with Gasteiger partial charge in [-0.2, -0.15) is 0 Å². The molecule has 5 nitrogen and oxygen atoms in total. The van der Waals surface area contributed by atoms with Crippen LogP contribution in [-0.4, -0.2) is 46.5 Å². The van der Waals surface area contributed by atoms with Gasteiger partial charge in [0.15, 0.2) is 0 Å². The van der Waals surface area contributed by atoms with E-state index in [4.69, 9.17) is 15.8 Å². The Balaban J connectivity index is 2.58. The summed E-state index contributed by atoms with van der Waals surface area (Å²) in [7, 11) is -1.45. The lowest BCUT2D eigenvalue weighted by atomic mass is 9.77. The highest BCUT2D eigenvalue weighted by molar-refractivity contribution is 6.43. The van der Waals surface area contributed by atoms with Crippen molar-refractivity contribution in [2.24, 2.45) is 5.73 Å². The fourth-order valence-electron chi connectivity index (χ4n) is 2.02. The third-order valence-electron chi connectivity index (χ3n) is 2.84. The molecular weight excluding hydrogens is 195 g/mol. The number of rotatable bonds is 4. The van der Waals surface area contributed by atoms with Crippen LogP contribution < -0.4 is 5.73 Å². The molecule has 1 rings (SSSR count). The summed E-state index contributed by atoms with van der Waals surface area (Å²) in [5.41, 5.74) is 5.72. The van der Waals surface area contributed by atoms with Crippen LogP contribution in [0, 0.1) is 0 Å². The summed E-state index contributed by atoms with van der Waals surface area (Å²) in [5, 5.41) is 18.2. The lowest BCUT2D eigenvalue weighted by Crippen LogP contribution is -2.51. The molecule has 86 valence electrons. The molecule has 1 amide bonds. The minimum absolute atomic E-state index is 0.160. The van der Waals surface area contributed by atoms with E-state index in [1.165, 1.54) is 4.90 Å². The number of amides is 1. The molecule has 0 aromatic heterocycles. The zero-order valence-corrected chi connectivity index (χ0v) is 9.09. The van der Waals surface area contributed by atoms with Crippen molar-refractivity contribution in [1.82, 2.24) is 4.90 Å². The van der Waals surface area contributed by atoms with Gasteiger partial charge in [-0.15, -0.1) is 0 Å². The standard InChI is InChI=1S/C9H19BN2O3/c1-2-4-7(11)9(13)12-6-3-5-8(12)10(14)15/h7-8,14-15H,2-6,11H2,1H3. The first-order valence-corrected chi connectivity index (χ1v) is 5.50. The van der Waals surface area contributed by atoms with Crippen LogP contribution in [0.15, 0.2) is 0 Å². The average molecular weight is 214 g/mol. The highest BCUT2D eigenvalue weighted by Crippen LogP contribution is 2.19. The molecule has 1 saturated heterocycles. The van der Waals surface area contributed by atoms with Crippen LogP contribution in [0.2, 0.25) is 0 Å². The first-order valence-electron chi connectivity index (χ1n) is 5.50. The van der Waals surface area contributed by atoms with Crippen molar-refractivity contribution in [1.29, 1.82) is 0 Å². The van der Waals surface area contributed by atoms with E-state index in [0.29, 0.717) is 19.4 Å². The molecule has 0 saturated carbocycles. The Morgan fingerprint density at radius 2 is 2.33 bits per heavy atom. The lowest BCUT2D eigenvalue weighted by molar-refractivity contribution is -0.132. The normalized spacial score (nSPS) is 22.9. The maximum atomic E-state index is 11.8. The molecule has 0 spiro atoms. The predicted octanol–water partition coefficient (Wildman–Crippen LogP) is -0.883. The van der Waals surface area contributed by atoms with E-state index in [-0.39, 0.29) is 5.91 Å². The molecule has 1 aliphatic heterocycles. The molecule has 0 aromatic rings. The van der Waals surface area contributed by atoms with E-state index in [2.05, 4.69) is 0 Å². The molecule has 4 N–H and O–H groups in total. The topological polar surface area (TPSA) is 86.8 Å². The van der Waals surface area contributed by atoms with Gasteiger partial charge in [-0.25, -0.2) is 0 Å². The van der Waals surface area contributed by atoms with Gasteiger partial charge in [-0.3, -0.25) is 4.79 Å². The Morgan fingerprint density at radius 3 is 2.87 bits per heavy atom. The van der Waals surface area contributed by atoms with Gasteiger partial charge in [0, 0.05) is 6.54 Å². The molecule has 2 unspecified atom stereocenters. The summed E-state index contributed by atoms with van der Waals surface area (Å²) in [5.74, 6) is -0.632. The number of nitrogens with two attached hydrogens (primary N) is 1. The predicted molar refractivity (Wildman–Crippen MR) is 57.8 cm³/mol. The Labute approximate surface area is 90.4 Å². The zero-order chi connectivity index (χ0) is 11.4. The Bertz CT molecular complexity index is 225. The maximum absolute atomic E-state index is 11.8. The second-order valence-electron chi connectivity index (χ2n) is 4.05. The summed E-state index contributed by atoms with van der Waals surface area (Å²) in [6.45, 7) is 2.55. The lowest BCUT2D eigenvalue weighted by Gasteiger charge is -2.26. The van der Waals surface area contributed by atoms with Crippen molar-refractivity contribution in [3.63, 3.8) is 0 Å². The van der Waals surface area contributed by atoms with Crippen LogP contribution in [0.1, 0.15) is 32.6 Å². The number of likely N-dealkylation sites (tertiary alicyclic amines) is 1. The van der Waals surface area contributed by atoms with Crippen LogP contribution in [0.4, 0.5) is 0 Å². The van der Waals surface area contributed by atoms with Crippen LogP contribution in [0.5, 0.6) is 0 Å². The minimum atomic E-state index is -1.45. The van der Waals surface area contributed by atoms with E-state index >= 15 is 0 Å². The van der Waals surface area contributed by atoms with Gasteiger partial charge in [0.2, 0.25) is 5.91 Å². The maximum Gasteiger partial charge on any atom is 0.475 e. The molecule has 1 heterocycles. The second kappa shape index (κ2) is 5.49. The SMILES string of the molecule is CCCC(N)C(=O)N1CCCC1B(O)O. The van der Waals surface area contributed by atoms with E-state index in [1.54, 1.807) is 0 Å². The van der Waals surface area contributed by atoms with Crippen LogP contribution >= 0.6 is 0 Å². The van der Waals surface area contributed by atoms with Gasteiger partial charge in [0.25, 0.3) is 0 Å². The van der Waals surface area contributed by atoms with Gasteiger partial charge >= 0.3 is 7.12 Å². The highest BCUT2D eigenvalue weighted by Gasteiger charge is 2.38. The van der Waals surface area contributed by atoms with Crippen molar-refractivity contribution < 1.29 is 14.8 Å². The molecular formula is C9H19BN2O3. The summed E-state index contributed by atoms with van der Waals surface area (Å²) in [6.07, 6.45) is 2.95. The van der Waals surface area contributed by atoms with Crippen molar-refractivity contribution >= 4 is 13.0 Å². The molecule has 6 heteroatoms. The minimum Gasteiger partial charge on any atom is -0.426 e. The third-order valence-corrected chi connectivity index (χ3v) is 2.84. The average Bonchev–Trinajstić information content (AvgIpc) is 2.65.